The van der Waals surface area contributed by atoms with E-state index in [0.717, 1.165) is 0 Å². The molecule has 0 radical (unpaired) electrons. The molecular formula is C16H17N3O4. The molecule has 23 heavy (non-hydrogen) atoms. The van der Waals surface area contributed by atoms with Gasteiger partial charge in [0, 0.05) is 11.8 Å². The molecule has 0 saturated carbocycles. The molecule has 1 N–H and O–H groups in total. The largest absolute Gasteiger partial charge is 0.480 e. The molecule has 1 amide bonds. The van der Waals surface area contributed by atoms with E-state index in [1.165, 1.54) is 17.3 Å². The van der Waals surface area contributed by atoms with Crippen molar-refractivity contribution in [1.29, 1.82) is 0 Å². The number of allylic oxidation sites excluding steroid dienone is 3. The highest BCUT2D eigenvalue weighted by Gasteiger charge is 2.47. The predicted molar refractivity (Wildman–Crippen MR) is 84.2 cm³/mol. The average Bonchev–Trinajstić information content (AvgIpc) is 2.88. The summed E-state index contributed by atoms with van der Waals surface area (Å²) < 4.78 is 5.32. The summed E-state index contributed by atoms with van der Waals surface area (Å²) in [6.07, 6.45) is 7.38. The Bertz CT molecular complexity index is 737. The number of nitrogens with zero attached hydrogens (tertiary/aromatic N) is 3. The molecule has 2 heterocycles. The number of carboxylic acid groups (broad SMARTS) is 1. The van der Waals surface area contributed by atoms with Crippen LogP contribution in [0.2, 0.25) is 0 Å². The Labute approximate surface area is 133 Å². The van der Waals surface area contributed by atoms with Crippen molar-refractivity contribution >= 4 is 24.0 Å². The van der Waals surface area contributed by atoms with Gasteiger partial charge in [-0.1, -0.05) is 6.08 Å². The minimum atomic E-state index is -1.32. The average molecular weight is 315 g/mol. The Hall–Kier alpha value is -2.70. The Kier molecular flexibility index (Phi) is 3.24. The van der Waals surface area contributed by atoms with Crippen LogP contribution in [0, 0.1) is 5.41 Å². The van der Waals surface area contributed by atoms with Gasteiger partial charge in [-0.15, -0.1) is 0 Å². The lowest BCUT2D eigenvalue weighted by molar-refractivity contribution is -0.144. The van der Waals surface area contributed by atoms with Crippen LogP contribution in [0.1, 0.15) is 20.8 Å². The van der Waals surface area contributed by atoms with Gasteiger partial charge >= 0.3 is 12.1 Å². The third kappa shape index (κ3) is 2.58. The Morgan fingerprint density at radius 1 is 1.39 bits per heavy atom. The van der Waals surface area contributed by atoms with Crippen LogP contribution in [0.15, 0.2) is 45.8 Å². The zero-order valence-corrected chi connectivity index (χ0v) is 13.1. The molecule has 0 aromatic heterocycles. The highest BCUT2D eigenvalue weighted by Crippen LogP contribution is 2.40. The lowest BCUT2D eigenvalue weighted by atomic mass is 9.72. The summed E-state index contributed by atoms with van der Waals surface area (Å²) in [6, 6.07) is 0. The quantitative estimate of drug-likeness (QED) is 0.802. The van der Waals surface area contributed by atoms with E-state index < -0.39 is 23.1 Å². The van der Waals surface area contributed by atoms with Gasteiger partial charge in [-0.2, -0.15) is 10.2 Å². The van der Waals surface area contributed by atoms with E-state index in [-0.39, 0.29) is 6.54 Å². The maximum Gasteiger partial charge on any atom is 0.414 e. The van der Waals surface area contributed by atoms with Gasteiger partial charge in [0.15, 0.2) is 0 Å². The second-order valence-electron chi connectivity index (χ2n) is 6.63. The van der Waals surface area contributed by atoms with Crippen LogP contribution < -0.4 is 0 Å². The smallest absolute Gasteiger partial charge is 0.414 e. The molecule has 1 atom stereocenters. The molecule has 3 rings (SSSR count). The van der Waals surface area contributed by atoms with E-state index in [0.29, 0.717) is 16.9 Å². The normalized spacial score (nSPS) is 25.2. The first-order chi connectivity index (χ1) is 10.7. The summed E-state index contributed by atoms with van der Waals surface area (Å²) in [5.41, 5.74) is -0.128. The predicted octanol–water partition coefficient (Wildman–Crippen LogP) is 2.13. The molecule has 0 spiro atoms. The van der Waals surface area contributed by atoms with Gasteiger partial charge in [0.25, 0.3) is 0 Å². The fourth-order valence-corrected chi connectivity index (χ4v) is 2.65. The molecule has 120 valence electrons. The Morgan fingerprint density at radius 3 is 2.78 bits per heavy atom. The second-order valence-corrected chi connectivity index (χ2v) is 6.63. The molecule has 0 bridgehead atoms. The number of carbonyl (C=O) groups is 2. The van der Waals surface area contributed by atoms with Crippen molar-refractivity contribution in [2.24, 2.45) is 15.6 Å². The summed E-state index contributed by atoms with van der Waals surface area (Å²) in [5, 5.41) is 17.6. The molecule has 3 aliphatic rings. The number of hydrogen-bond donors (Lipinski definition) is 1. The monoisotopic (exact) mass is 315 g/mol. The van der Waals surface area contributed by atoms with Crippen molar-refractivity contribution in [1.82, 2.24) is 4.90 Å². The molecule has 0 saturated heterocycles. The summed E-state index contributed by atoms with van der Waals surface area (Å²) in [7, 11) is 0. The van der Waals surface area contributed by atoms with Gasteiger partial charge in [0.2, 0.25) is 0 Å². The number of rotatable bonds is 1. The van der Waals surface area contributed by atoms with Crippen LogP contribution in [0.25, 0.3) is 0 Å². The SMILES string of the molecule is CC(C)(C)OC(=O)N1C=CC2=CC3=NN=CC3=CC2(C(=O)O)C1. The van der Waals surface area contributed by atoms with Gasteiger partial charge in [-0.05, 0) is 38.5 Å². The fraction of sp³-hybridized carbons (Fsp3) is 0.375. The number of aliphatic carboxylic acids is 1. The van der Waals surface area contributed by atoms with Gasteiger partial charge in [0.1, 0.15) is 11.0 Å². The first kappa shape index (κ1) is 15.2. The number of fused-ring (bicyclic) bond motifs is 2. The topological polar surface area (TPSA) is 91.6 Å². The lowest BCUT2D eigenvalue weighted by Crippen LogP contribution is -2.48. The van der Waals surface area contributed by atoms with Crippen molar-refractivity contribution in [3.8, 4) is 0 Å². The van der Waals surface area contributed by atoms with Gasteiger partial charge in [-0.3, -0.25) is 9.69 Å². The van der Waals surface area contributed by atoms with Gasteiger partial charge in [0.05, 0.1) is 18.5 Å². The lowest BCUT2D eigenvalue weighted by Gasteiger charge is -2.38. The van der Waals surface area contributed by atoms with Crippen LogP contribution in [-0.4, -0.2) is 46.1 Å². The number of hydrogen-bond acceptors (Lipinski definition) is 5. The van der Waals surface area contributed by atoms with Crippen molar-refractivity contribution in [2.75, 3.05) is 6.54 Å². The maximum absolute atomic E-state index is 12.3. The van der Waals surface area contributed by atoms with Crippen LogP contribution in [0.3, 0.4) is 0 Å². The van der Waals surface area contributed by atoms with Crippen LogP contribution in [0.5, 0.6) is 0 Å². The summed E-state index contributed by atoms with van der Waals surface area (Å²) in [5.74, 6) is -1.03. The maximum atomic E-state index is 12.3. The number of ether oxygens (including phenoxy) is 1. The molecule has 1 unspecified atom stereocenters. The first-order valence-corrected chi connectivity index (χ1v) is 7.19. The minimum absolute atomic E-state index is 0.0375. The van der Waals surface area contributed by atoms with E-state index in [2.05, 4.69) is 10.2 Å². The highest BCUT2D eigenvalue weighted by atomic mass is 16.6. The van der Waals surface area contributed by atoms with E-state index >= 15 is 0 Å². The van der Waals surface area contributed by atoms with Crippen molar-refractivity contribution < 1.29 is 19.4 Å². The molecule has 0 aromatic carbocycles. The van der Waals surface area contributed by atoms with Crippen LogP contribution in [-0.2, 0) is 9.53 Å². The standard InChI is InChI=1S/C16H17N3O4/c1-15(2,3)23-14(22)19-5-4-11-6-12-10(8-17-18-12)7-16(11,9-19)13(20)21/h4-8H,9H2,1-3H3,(H,20,21). The van der Waals surface area contributed by atoms with E-state index in [4.69, 9.17) is 4.74 Å². The van der Waals surface area contributed by atoms with Gasteiger partial charge < -0.3 is 9.84 Å². The highest BCUT2D eigenvalue weighted by molar-refractivity contribution is 6.25. The van der Waals surface area contributed by atoms with Crippen LogP contribution in [0.4, 0.5) is 4.79 Å². The Balaban J connectivity index is 1.97. The van der Waals surface area contributed by atoms with Crippen molar-refractivity contribution in [3.63, 3.8) is 0 Å². The van der Waals surface area contributed by atoms with Gasteiger partial charge in [-0.25, -0.2) is 4.79 Å². The summed E-state index contributed by atoms with van der Waals surface area (Å²) in [4.78, 5) is 25.5. The number of carbonyl (C=O) groups excluding carboxylic acids is 1. The number of amides is 1. The number of carboxylic acids is 1. The Morgan fingerprint density at radius 2 is 2.13 bits per heavy atom. The molecule has 7 nitrogen and oxygen atoms in total. The fourth-order valence-electron chi connectivity index (χ4n) is 2.65. The van der Waals surface area contributed by atoms with Crippen molar-refractivity contribution in [2.45, 2.75) is 26.4 Å². The minimum Gasteiger partial charge on any atom is -0.480 e. The third-order valence-corrected chi connectivity index (χ3v) is 3.73. The molecule has 1 aliphatic carbocycles. The zero-order valence-electron chi connectivity index (χ0n) is 13.1. The van der Waals surface area contributed by atoms with Crippen LogP contribution >= 0.6 is 0 Å². The second kappa shape index (κ2) is 4.91. The molecule has 7 heteroatoms. The summed E-state index contributed by atoms with van der Waals surface area (Å²) >= 11 is 0. The molecular weight excluding hydrogens is 298 g/mol. The summed E-state index contributed by atoms with van der Waals surface area (Å²) in [6.45, 7) is 5.25. The molecule has 0 aromatic rings. The zero-order chi connectivity index (χ0) is 16.8. The third-order valence-electron chi connectivity index (χ3n) is 3.73. The van der Waals surface area contributed by atoms with Crippen molar-refractivity contribution in [3.05, 3.63) is 35.6 Å². The van der Waals surface area contributed by atoms with E-state index in [1.54, 1.807) is 39.0 Å². The first-order valence-electron chi connectivity index (χ1n) is 7.19. The van der Waals surface area contributed by atoms with E-state index in [1.807, 2.05) is 0 Å². The van der Waals surface area contributed by atoms with E-state index in [9.17, 15) is 14.7 Å². The molecule has 0 fully saturated rings. The molecule has 2 aliphatic heterocycles.